The third kappa shape index (κ3) is 9.99. The number of nitrogens with two attached hydrogens (primary N) is 1. The lowest BCUT2D eigenvalue weighted by molar-refractivity contribution is -0.129. The van der Waals surface area contributed by atoms with E-state index >= 15 is 0 Å². The van der Waals surface area contributed by atoms with Crippen molar-refractivity contribution in [3.63, 3.8) is 0 Å². The van der Waals surface area contributed by atoms with Crippen molar-refractivity contribution in [2.24, 2.45) is 0 Å². The van der Waals surface area contributed by atoms with Crippen LogP contribution in [0.2, 0.25) is 10.0 Å². The summed E-state index contributed by atoms with van der Waals surface area (Å²) in [4.78, 5) is 39.1. The molecule has 1 atom stereocenters. The average molecular weight is 600 g/mol. The Labute approximate surface area is 250 Å². The van der Waals surface area contributed by atoms with Crippen molar-refractivity contribution in [2.75, 3.05) is 12.3 Å². The summed E-state index contributed by atoms with van der Waals surface area (Å²) < 4.78 is 5.27. The number of benzene rings is 3. The summed E-state index contributed by atoms with van der Waals surface area (Å²) in [6.45, 7) is 5.72. The number of ether oxygens (including phenoxy) is 1. The number of rotatable bonds is 11. The van der Waals surface area contributed by atoms with E-state index < -0.39 is 23.7 Å². The fourth-order valence-electron chi connectivity index (χ4n) is 4.17. The summed E-state index contributed by atoms with van der Waals surface area (Å²) in [5.74, 6) is -1.33. The van der Waals surface area contributed by atoms with Crippen molar-refractivity contribution < 1.29 is 19.1 Å². The number of amides is 3. The largest absolute Gasteiger partial charge is 0.444 e. The molecule has 1 unspecified atom stereocenters. The van der Waals surface area contributed by atoms with Gasteiger partial charge in [-0.05, 0) is 62.4 Å². The van der Waals surface area contributed by atoms with Crippen LogP contribution < -0.4 is 21.7 Å². The predicted octanol–water partition coefficient (Wildman–Crippen LogP) is 5.81. The van der Waals surface area contributed by atoms with E-state index in [1.165, 1.54) is 0 Å². The maximum atomic E-state index is 13.7. The number of anilines is 1. The van der Waals surface area contributed by atoms with Crippen LogP contribution in [0.15, 0.2) is 72.8 Å². The maximum Gasteiger partial charge on any atom is 0.407 e. The quantitative estimate of drug-likeness (QED) is 0.164. The standard InChI is InChI=1S/C31H36Cl2N4O4/c1-31(2,3)41-30(40)35-16-10-15-25(28(38)36-19-20-17-23(32)27(34)24(33)18-20)37-29(39)26(21-11-6-4-7-12-21)22-13-8-5-9-14-22/h4-9,11-14,17-18,25-26H,10,15-16,19,34H2,1-3H3,(H,35,40)(H,36,38)(H,37,39). The van der Waals surface area contributed by atoms with Gasteiger partial charge in [0.15, 0.2) is 0 Å². The van der Waals surface area contributed by atoms with Gasteiger partial charge in [-0.25, -0.2) is 4.79 Å². The van der Waals surface area contributed by atoms with E-state index in [0.29, 0.717) is 12.0 Å². The molecule has 5 N–H and O–H groups in total. The fraction of sp³-hybridized carbons (Fsp3) is 0.323. The van der Waals surface area contributed by atoms with Gasteiger partial charge in [-0.1, -0.05) is 83.9 Å². The summed E-state index contributed by atoms with van der Waals surface area (Å²) in [5.41, 5.74) is 7.71. The van der Waals surface area contributed by atoms with Crippen molar-refractivity contribution in [3.8, 4) is 0 Å². The van der Waals surface area contributed by atoms with Crippen molar-refractivity contribution in [2.45, 2.75) is 57.7 Å². The number of nitrogens with one attached hydrogen (secondary N) is 3. The normalized spacial score (nSPS) is 12.0. The molecular formula is C31H36Cl2N4O4. The molecule has 41 heavy (non-hydrogen) atoms. The number of hydrogen-bond acceptors (Lipinski definition) is 5. The molecule has 0 aliphatic carbocycles. The molecule has 0 aliphatic rings. The highest BCUT2D eigenvalue weighted by atomic mass is 35.5. The summed E-state index contributed by atoms with van der Waals surface area (Å²) in [5, 5.41) is 9.06. The summed E-state index contributed by atoms with van der Waals surface area (Å²) >= 11 is 12.3. The molecular weight excluding hydrogens is 563 g/mol. The van der Waals surface area contributed by atoms with Crippen LogP contribution in [0.25, 0.3) is 0 Å². The van der Waals surface area contributed by atoms with Gasteiger partial charge in [-0.3, -0.25) is 9.59 Å². The zero-order chi connectivity index (χ0) is 30.0. The Morgan fingerprint density at radius 2 is 1.39 bits per heavy atom. The Balaban J connectivity index is 1.75. The van der Waals surface area contributed by atoms with Crippen LogP contribution >= 0.6 is 23.2 Å². The van der Waals surface area contributed by atoms with Crippen LogP contribution in [0, 0.1) is 0 Å². The molecule has 0 aliphatic heterocycles. The third-order valence-electron chi connectivity index (χ3n) is 6.10. The predicted molar refractivity (Wildman–Crippen MR) is 163 cm³/mol. The van der Waals surface area contributed by atoms with Crippen LogP contribution in [0.1, 0.15) is 56.2 Å². The van der Waals surface area contributed by atoms with E-state index in [9.17, 15) is 14.4 Å². The molecule has 0 saturated carbocycles. The Bertz CT molecular complexity index is 1270. The highest BCUT2D eigenvalue weighted by Crippen LogP contribution is 2.29. The Hall–Kier alpha value is -3.75. The maximum absolute atomic E-state index is 13.7. The van der Waals surface area contributed by atoms with Gasteiger partial charge in [0.1, 0.15) is 11.6 Å². The first-order valence-corrected chi connectivity index (χ1v) is 14.1. The molecule has 0 heterocycles. The zero-order valence-electron chi connectivity index (χ0n) is 23.4. The molecule has 3 aromatic carbocycles. The van der Waals surface area contributed by atoms with Crippen molar-refractivity contribution in [3.05, 3.63) is 99.5 Å². The van der Waals surface area contributed by atoms with Gasteiger partial charge >= 0.3 is 6.09 Å². The van der Waals surface area contributed by atoms with Gasteiger partial charge in [-0.2, -0.15) is 0 Å². The van der Waals surface area contributed by atoms with E-state index in [-0.39, 0.29) is 47.1 Å². The molecule has 3 aromatic rings. The molecule has 0 radical (unpaired) electrons. The number of alkyl carbamates (subject to hydrolysis) is 1. The summed E-state index contributed by atoms with van der Waals surface area (Å²) in [7, 11) is 0. The zero-order valence-corrected chi connectivity index (χ0v) is 24.9. The van der Waals surface area contributed by atoms with Gasteiger partial charge in [0.05, 0.1) is 21.7 Å². The van der Waals surface area contributed by atoms with Crippen LogP contribution in [0.4, 0.5) is 10.5 Å². The minimum Gasteiger partial charge on any atom is -0.444 e. The number of carbonyl (C=O) groups excluding carboxylic acids is 3. The average Bonchev–Trinajstić information content (AvgIpc) is 2.92. The molecule has 10 heteroatoms. The lowest BCUT2D eigenvalue weighted by Gasteiger charge is -2.24. The topological polar surface area (TPSA) is 123 Å². The van der Waals surface area contributed by atoms with E-state index in [4.69, 9.17) is 33.7 Å². The van der Waals surface area contributed by atoms with Gasteiger partial charge in [0, 0.05) is 13.1 Å². The van der Waals surface area contributed by atoms with E-state index in [1.807, 2.05) is 60.7 Å². The molecule has 0 fully saturated rings. The molecule has 3 amide bonds. The first-order valence-electron chi connectivity index (χ1n) is 13.3. The van der Waals surface area contributed by atoms with Crippen LogP contribution in [0.5, 0.6) is 0 Å². The van der Waals surface area contributed by atoms with Crippen molar-refractivity contribution in [1.82, 2.24) is 16.0 Å². The number of nitrogen functional groups attached to an aromatic ring is 1. The highest BCUT2D eigenvalue weighted by molar-refractivity contribution is 6.38. The third-order valence-corrected chi connectivity index (χ3v) is 6.73. The minimum atomic E-state index is -0.877. The highest BCUT2D eigenvalue weighted by Gasteiger charge is 2.28. The SMILES string of the molecule is CC(C)(C)OC(=O)NCCCC(NC(=O)C(c1ccccc1)c1ccccc1)C(=O)NCc1cc(Cl)c(N)c(Cl)c1. The van der Waals surface area contributed by atoms with Gasteiger partial charge < -0.3 is 26.4 Å². The van der Waals surface area contributed by atoms with Gasteiger partial charge in [0.2, 0.25) is 11.8 Å². The first-order chi connectivity index (χ1) is 19.4. The van der Waals surface area contributed by atoms with Gasteiger partial charge in [0.25, 0.3) is 0 Å². The molecule has 0 bridgehead atoms. The van der Waals surface area contributed by atoms with E-state index in [2.05, 4.69) is 16.0 Å². The molecule has 3 rings (SSSR count). The minimum absolute atomic E-state index is 0.127. The molecule has 218 valence electrons. The lowest BCUT2D eigenvalue weighted by atomic mass is 9.90. The smallest absolute Gasteiger partial charge is 0.407 e. The molecule has 8 nitrogen and oxygen atoms in total. The molecule has 0 spiro atoms. The number of halogens is 2. The van der Waals surface area contributed by atoms with Crippen molar-refractivity contribution in [1.29, 1.82) is 0 Å². The van der Waals surface area contributed by atoms with Crippen LogP contribution in [-0.4, -0.2) is 36.1 Å². The summed E-state index contributed by atoms with van der Waals surface area (Å²) in [6, 6.07) is 21.1. The second-order valence-electron chi connectivity index (χ2n) is 10.6. The Kier molecular flexibility index (Phi) is 11.4. The van der Waals surface area contributed by atoms with Gasteiger partial charge in [-0.15, -0.1) is 0 Å². The van der Waals surface area contributed by atoms with Crippen LogP contribution in [-0.2, 0) is 20.9 Å². The monoisotopic (exact) mass is 598 g/mol. The molecule has 0 aromatic heterocycles. The van der Waals surface area contributed by atoms with Crippen molar-refractivity contribution >= 4 is 46.8 Å². The summed E-state index contributed by atoms with van der Waals surface area (Å²) in [6.07, 6.45) is 0.138. The Morgan fingerprint density at radius 3 is 1.90 bits per heavy atom. The fourth-order valence-corrected chi connectivity index (χ4v) is 4.70. The van der Waals surface area contributed by atoms with E-state index in [1.54, 1.807) is 32.9 Å². The lowest BCUT2D eigenvalue weighted by Crippen LogP contribution is -2.48. The molecule has 0 saturated heterocycles. The van der Waals surface area contributed by atoms with E-state index in [0.717, 1.165) is 11.1 Å². The number of carbonyl (C=O) groups is 3. The second kappa shape index (κ2) is 14.8. The van der Waals surface area contributed by atoms with Crippen LogP contribution in [0.3, 0.4) is 0 Å². The first kappa shape index (κ1) is 31.8. The Morgan fingerprint density at radius 1 is 0.854 bits per heavy atom. The second-order valence-corrected chi connectivity index (χ2v) is 11.4. The number of hydrogen-bond donors (Lipinski definition) is 4.